The topological polar surface area (TPSA) is 60.9 Å². The zero-order valence-corrected chi connectivity index (χ0v) is 12.7. The number of aromatic nitrogens is 2. The quantitative estimate of drug-likeness (QED) is 0.752. The fourth-order valence-electron chi connectivity index (χ4n) is 2.40. The summed E-state index contributed by atoms with van der Waals surface area (Å²) in [7, 11) is 0. The molecule has 0 bridgehead atoms. The van der Waals surface area contributed by atoms with Crippen LogP contribution in [0.3, 0.4) is 0 Å². The smallest absolute Gasteiger partial charge is 0.159 e. The first-order chi connectivity index (χ1) is 11.1. The fourth-order valence-corrected chi connectivity index (χ4v) is 2.40. The number of rotatable bonds is 4. The van der Waals surface area contributed by atoms with E-state index in [9.17, 15) is 9.18 Å². The van der Waals surface area contributed by atoms with Crippen molar-refractivity contribution in [1.29, 1.82) is 0 Å². The Hall–Kier alpha value is -2.79. The van der Waals surface area contributed by atoms with Crippen LogP contribution >= 0.6 is 0 Å². The minimum Gasteiger partial charge on any atom is -0.326 e. The lowest BCUT2D eigenvalue weighted by Gasteiger charge is -2.03. The van der Waals surface area contributed by atoms with Gasteiger partial charge in [-0.1, -0.05) is 0 Å². The molecule has 116 valence electrons. The van der Waals surface area contributed by atoms with Crippen molar-refractivity contribution in [3.63, 3.8) is 0 Å². The Balaban J connectivity index is 1.94. The van der Waals surface area contributed by atoms with Crippen molar-refractivity contribution in [1.82, 2.24) is 9.78 Å². The number of nitrogens with two attached hydrogens (primary N) is 1. The Bertz CT molecular complexity index is 853. The predicted molar refractivity (Wildman–Crippen MR) is 86.9 cm³/mol. The van der Waals surface area contributed by atoms with Crippen LogP contribution in [0.5, 0.6) is 0 Å². The van der Waals surface area contributed by atoms with Gasteiger partial charge in [0.05, 0.1) is 11.9 Å². The number of carbonyl (C=O) groups is 1. The molecule has 0 aliphatic carbocycles. The van der Waals surface area contributed by atoms with E-state index in [0.717, 1.165) is 22.4 Å². The fraction of sp³-hybridized carbons (Fsp3) is 0.111. The first-order valence-corrected chi connectivity index (χ1v) is 7.23. The van der Waals surface area contributed by atoms with Crippen LogP contribution in [-0.4, -0.2) is 15.6 Å². The highest BCUT2D eigenvalue weighted by atomic mass is 19.1. The average molecular weight is 309 g/mol. The Morgan fingerprint density at radius 1 is 1.17 bits per heavy atom. The highest BCUT2D eigenvalue weighted by molar-refractivity contribution is 5.94. The molecule has 0 saturated carbocycles. The first-order valence-electron chi connectivity index (χ1n) is 7.23. The Morgan fingerprint density at radius 2 is 1.91 bits per heavy atom. The zero-order chi connectivity index (χ0) is 16.4. The van der Waals surface area contributed by atoms with Crippen LogP contribution in [0.2, 0.25) is 0 Å². The predicted octanol–water partition coefficient (Wildman–Crippen LogP) is 3.34. The highest BCUT2D eigenvalue weighted by Crippen LogP contribution is 2.23. The molecule has 5 heteroatoms. The lowest BCUT2D eigenvalue weighted by Crippen LogP contribution is -1.97. The number of Topliss-reactive ketones (excluding diaryl/α,β-unsaturated/α-hetero) is 1. The number of nitrogens with zero attached hydrogens (tertiary/aromatic N) is 2. The van der Waals surface area contributed by atoms with Gasteiger partial charge in [0.2, 0.25) is 0 Å². The maximum atomic E-state index is 13.6. The third-order valence-corrected chi connectivity index (χ3v) is 3.65. The molecule has 0 saturated heterocycles. The average Bonchev–Trinajstić information content (AvgIpc) is 3.04. The second-order valence-electron chi connectivity index (χ2n) is 5.33. The van der Waals surface area contributed by atoms with Crippen LogP contribution in [-0.2, 0) is 6.54 Å². The van der Waals surface area contributed by atoms with Gasteiger partial charge in [-0.05, 0) is 60.5 Å². The van der Waals surface area contributed by atoms with Gasteiger partial charge < -0.3 is 5.73 Å². The number of carbonyl (C=O) groups excluding carboxylic acids is 1. The van der Waals surface area contributed by atoms with Gasteiger partial charge in [-0.3, -0.25) is 4.79 Å². The van der Waals surface area contributed by atoms with Crippen molar-refractivity contribution in [2.24, 2.45) is 5.73 Å². The first kappa shape index (κ1) is 15.1. The van der Waals surface area contributed by atoms with Crippen molar-refractivity contribution in [2.45, 2.75) is 13.5 Å². The maximum absolute atomic E-state index is 13.6. The molecule has 0 amide bonds. The molecule has 0 aliphatic rings. The van der Waals surface area contributed by atoms with E-state index in [1.54, 1.807) is 23.0 Å². The standard InChI is InChI=1S/C18H16FN3O/c1-12(23)14-2-4-18(5-3-14)22-11-16(10-21-22)15-6-13(9-20)7-17(19)8-15/h2-8,10-11H,9,20H2,1H3. The Morgan fingerprint density at radius 3 is 2.57 bits per heavy atom. The zero-order valence-electron chi connectivity index (χ0n) is 12.7. The van der Waals surface area contributed by atoms with E-state index < -0.39 is 0 Å². The molecule has 3 rings (SSSR count). The second-order valence-corrected chi connectivity index (χ2v) is 5.33. The summed E-state index contributed by atoms with van der Waals surface area (Å²) in [6.07, 6.45) is 3.49. The second kappa shape index (κ2) is 6.14. The van der Waals surface area contributed by atoms with E-state index in [0.29, 0.717) is 5.56 Å². The molecular formula is C18H16FN3O. The molecule has 0 atom stereocenters. The van der Waals surface area contributed by atoms with Gasteiger partial charge in [-0.15, -0.1) is 0 Å². The SMILES string of the molecule is CC(=O)c1ccc(-n2cc(-c3cc(F)cc(CN)c3)cn2)cc1. The lowest BCUT2D eigenvalue weighted by molar-refractivity contribution is 0.101. The van der Waals surface area contributed by atoms with Crippen molar-refractivity contribution < 1.29 is 9.18 Å². The summed E-state index contributed by atoms with van der Waals surface area (Å²) < 4.78 is 15.3. The molecule has 0 unspecified atom stereocenters. The van der Waals surface area contributed by atoms with E-state index >= 15 is 0 Å². The Labute approximate surface area is 133 Å². The molecule has 0 aliphatic heterocycles. The largest absolute Gasteiger partial charge is 0.326 e. The molecule has 3 aromatic rings. The molecule has 23 heavy (non-hydrogen) atoms. The van der Waals surface area contributed by atoms with Crippen LogP contribution in [0.25, 0.3) is 16.8 Å². The van der Waals surface area contributed by atoms with Gasteiger partial charge in [0.1, 0.15) is 5.82 Å². The highest BCUT2D eigenvalue weighted by Gasteiger charge is 2.07. The summed E-state index contributed by atoms with van der Waals surface area (Å²) in [6.45, 7) is 1.81. The van der Waals surface area contributed by atoms with Crippen molar-refractivity contribution in [3.05, 3.63) is 71.8 Å². The summed E-state index contributed by atoms with van der Waals surface area (Å²) in [5, 5.41) is 4.30. The van der Waals surface area contributed by atoms with Gasteiger partial charge in [0, 0.05) is 23.9 Å². The number of halogens is 1. The third-order valence-electron chi connectivity index (χ3n) is 3.65. The molecule has 1 heterocycles. The summed E-state index contributed by atoms with van der Waals surface area (Å²) >= 11 is 0. The number of hydrogen-bond donors (Lipinski definition) is 1. The number of ketones is 1. The van der Waals surface area contributed by atoms with Crippen LogP contribution in [0.1, 0.15) is 22.8 Å². The molecule has 2 aromatic carbocycles. The minimum atomic E-state index is -0.318. The molecule has 0 spiro atoms. The Kier molecular flexibility index (Phi) is 4.04. The van der Waals surface area contributed by atoms with Gasteiger partial charge in [0.15, 0.2) is 5.78 Å². The minimum absolute atomic E-state index is 0.0202. The van der Waals surface area contributed by atoms with E-state index in [2.05, 4.69) is 5.10 Å². The normalized spacial score (nSPS) is 10.7. The summed E-state index contributed by atoms with van der Waals surface area (Å²) in [4.78, 5) is 11.3. The molecule has 2 N–H and O–H groups in total. The van der Waals surface area contributed by atoms with E-state index in [-0.39, 0.29) is 18.1 Å². The van der Waals surface area contributed by atoms with Crippen LogP contribution in [0.15, 0.2) is 54.9 Å². The number of benzene rings is 2. The summed E-state index contributed by atoms with van der Waals surface area (Å²) in [5.41, 5.74) is 9.34. The van der Waals surface area contributed by atoms with E-state index in [1.165, 1.54) is 19.1 Å². The monoisotopic (exact) mass is 309 g/mol. The van der Waals surface area contributed by atoms with Crippen molar-refractivity contribution in [2.75, 3.05) is 0 Å². The van der Waals surface area contributed by atoms with Gasteiger partial charge in [0.25, 0.3) is 0 Å². The van der Waals surface area contributed by atoms with Gasteiger partial charge in [-0.2, -0.15) is 5.10 Å². The van der Waals surface area contributed by atoms with E-state index in [1.807, 2.05) is 24.4 Å². The van der Waals surface area contributed by atoms with Crippen LogP contribution < -0.4 is 5.73 Å². The number of hydrogen-bond acceptors (Lipinski definition) is 3. The summed E-state index contributed by atoms with van der Waals surface area (Å²) in [5.74, 6) is -0.298. The van der Waals surface area contributed by atoms with Gasteiger partial charge in [-0.25, -0.2) is 9.07 Å². The summed E-state index contributed by atoms with van der Waals surface area (Å²) in [6, 6.07) is 11.9. The lowest BCUT2D eigenvalue weighted by atomic mass is 10.1. The molecule has 0 fully saturated rings. The molecule has 4 nitrogen and oxygen atoms in total. The maximum Gasteiger partial charge on any atom is 0.159 e. The molecular weight excluding hydrogens is 293 g/mol. The third kappa shape index (κ3) is 3.19. The van der Waals surface area contributed by atoms with E-state index in [4.69, 9.17) is 5.73 Å². The molecule has 0 radical (unpaired) electrons. The van der Waals surface area contributed by atoms with Crippen LogP contribution in [0.4, 0.5) is 4.39 Å². The van der Waals surface area contributed by atoms with Crippen LogP contribution in [0, 0.1) is 5.82 Å². The van der Waals surface area contributed by atoms with Gasteiger partial charge >= 0.3 is 0 Å². The van der Waals surface area contributed by atoms with Crippen molar-refractivity contribution >= 4 is 5.78 Å². The van der Waals surface area contributed by atoms with Crippen molar-refractivity contribution in [3.8, 4) is 16.8 Å². The molecule has 1 aromatic heterocycles.